The van der Waals surface area contributed by atoms with E-state index in [0.717, 1.165) is 11.3 Å². The van der Waals surface area contributed by atoms with Gasteiger partial charge in [0.15, 0.2) is 0 Å². The minimum Gasteiger partial charge on any atom is -0.452 e. The SMILES string of the molecule is COC(=O)N1CC(C)(C)c2ccncc21. The van der Waals surface area contributed by atoms with Crippen molar-refractivity contribution in [1.82, 2.24) is 4.98 Å². The number of hydrogen-bond acceptors (Lipinski definition) is 3. The van der Waals surface area contributed by atoms with E-state index in [9.17, 15) is 4.79 Å². The van der Waals surface area contributed by atoms with E-state index in [-0.39, 0.29) is 11.5 Å². The molecule has 1 aromatic rings. The molecule has 1 amide bonds. The van der Waals surface area contributed by atoms with Gasteiger partial charge in [-0.1, -0.05) is 13.8 Å². The predicted molar refractivity (Wildman–Crippen MR) is 57.0 cm³/mol. The summed E-state index contributed by atoms with van der Waals surface area (Å²) in [6.45, 7) is 4.85. The summed E-state index contributed by atoms with van der Waals surface area (Å²) in [6, 6.07) is 1.96. The highest BCUT2D eigenvalue weighted by Gasteiger charge is 2.38. The number of fused-ring (bicyclic) bond motifs is 1. The zero-order valence-electron chi connectivity index (χ0n) is 9.15. The third-order valence-corrected chi connectivity index (χ3v) is 2.77. The zero-order chi connectivity index (χ0) is 11.1. The molecule has 0 N–H and O–H groups in total. The van der Waals surface area contributed by atoms with Gasteiger partial charge in [-0.25, -0.2) is 4.79 Å². The second-order valence-electron chi connectivity index (χ2n) is 4.33. The second-order valence-corrected chi connectivity index (χ2v) is 4.33. The number of amides is 1. The lowest BCUT2D eigenvalue weighted by molar-refractivity contribution is 0.178. The molecule has 1 aliphatic rings. The highest BCUT2D eigenvalue weighted by molar-refractivity contribution is 5.90. The van der Waals surface area contributed by atoms with Crippen molar-refractivity contribution >= 4 is 11.8 Å². The molecule has 15 heavy (non-hydrogen) atoms. The molecule has 0 saturated carbocycles. The first-order valence-electron chi connectivity index (χ1n) is 4.86. The van der Waals surface area contributed by atoms with Gasteiger partial charge in [-0.3, -0.25) is 9.88 Å². The normalized spacial score (nSPS) is 17.4. The van der Waals surface area contributed by atoms with E-state index in [1.807, 2.05) is 6.07 Å². The maximum absolute atomic E-state index is 11.5. The molecule has 4 heteroatoms. The first-order chi connectivity index (χ1) is 7.06. The van der Waals surface area contributed by atoms with Gasteiger partial charge < -0.3 is 4.74 Å². The number of carbonyl (C=O) groups excluding carboxylic acids is 1. The highest BCUT2D eigenvalue weighted by atomic mass is 16.5. The quantitative estimate of drug-likeness (QED) is 0.651. The van der Waals surface area contributed by atoms with E-state index in [1.54, 1.807) is 17.3 Å². The van der Waals surface area contributed by atoms with E-state index in [2.05, 4.69) is 18.8 Å². The molecule has 0 aliphatic carbocycles. The fraction of sp³-hybridized carbons (Fsp3) is 0.455. The fourth-order valence-corrected chi connectivity index (χ4v) is 2.01. The number of rotatable bonds is 0. The van der Waals surface area contributed by atoms with Crippen molar-refractivity contribution in [2.45, 2.75) is 19.3 Å². The molecule has 2 rings (SSSR count). The van der Waals surface area contributed by atoms with Gasteiger partial charge >= 0.3 is 6.09 Å². The predicted octanol–water partition coefficient (Wildman–Crippen LogP) is 1.95. The average Bonchev–Trinajstić information content (AvgIpc) is 2.51. The third kappa shape index (κ3) is 1.46. The lowest BCUT2D eigenvalue weighted by Crippen LogP contribution is -2.33. The molecular weight excluding hydrogens is 192 g/mol. The van der Waals surface area contributed by atoms with Crippen LogP contribution in [0.1, 0.15) is 19.4 Å². The Morgan fingerprint density at radius 1 is 1.60 bits per heavy atom. The number of nitrogens with zero attached hydrogens (tertiary/aromatic N) is 2. The van der Waals surface area contributed by atoms with Crippen LogP contribution in [0.4, 0.5) is 10.5 Å². The van der Waals surface area contributed by atoms with Crippen LogP contribution in [-0.4, -0.2) is 24.7 Å². The molecule has 0 radical (unpaired) electrons. The maximum Gasteiger partial charge on any atom is 0.414 e. The number of aromatic nitrogens is 1. The zero-order valence-corrected chi connectivity index (χ0v) is 9.15. The van der Waals surface area contributed by atoms with E-state index >= 15 is 0 Å². The van der Waals surface area contributed by atoms with E-state index in [1.165, 1.54) is 7.11 Å². The monoisotopic (exact) mass is 206 g/mol. The van der Waals surface area contributed by atoms with Crippen molar-refractivity contribution in [3.8, 4) is 0 Å². The Kier molecular flexibility index (Phi) is 2.14. The Morgan fingerprint density at radius 3 is 3.00 bits per heavy atom. The van der Waals surface area contributed by atoms with Crippen molar-refractivity contribution in [3.63, 3.8) is 0 Å². The van der Waals surface area contributed by atoms with Gasteiger partial charge in [-0.15, -0.1) is 0 Å². The highest BCUT2D eigenvalue weighted by Crippen LogP contribution is 2.39. The number of anilines is 1. The third-order valence-electron chi connectivity index (χ3n) is 2.77. The molecule has 0 saturated heterocycles. The Bertz CT molecular complexity index is 401. The minimum absolute atomic E-state index is 0.0353. The molecule has 0 atom stereocenters. The summed E-state index contributed by atoms with van der Waals surface area (Å²) >= 11 is 0. The van der Waals surface area contributed by atoms with Crippen LogP contribution in [0, 0.1) is 0 Å². The van der Waals surface area contributed by atoms with Crippen molar-refractivity contribution in [3.05, 3.63) is 24.0 Å². The molecule has 4 nitrogen and oxygen atoms in total. The smallest absolute Gasteiger partial charge is 0.414 e. The summed E-state index contributed by atoms with van der Waals surface area (Å²) in [5.41, 5.74) is 1.96. The van der Waals surface area contributed by atoms with Crippen LogP contribution in [0.15, 0.2) is 18.5 Å². The van der Waals surface area contributed by atoms with Gasteiger partial charge in [0.05, 0.1) is 19.0 Å². The maximum atomic E-state index is 11.5. The molecule has 0 unspecified atom stereocenters. The van der Waals surface area contributed by atoms with E-state index < -0.39 is 0 Å². The largest absolute Gasteiger partial charge is 0.452 e. The second kappa shape index (κ2) is 3.22. The lowest BCUT2D eigenvalue weighted by atomic mass is 9.88. The molecule has 2 heterocycles. The first-order valence-corrected chi connectivity index (χ1v) is 4.86. The van der Waals surface area contributed by atoms with Crippen molar-refractivity contribution in [2.75, 3.05) is 18.6 Å². The molecule has 0 fully saturated rings. The minimum atomic E-state index is -0.324. The number of carbonyl (C=O) groups is 1. The van der Waals surface area contributed by atoms with Crippen molar-refractivity contribution < 1.29 is 9.53 Å². The van der Waals surface area contributed by atoms with Gasteiger partial charge in [0, 0.05) is 18.2 Å². The fourth-order valence-electron chi connectivity index (χ4n) is 2.01. The van der Waals surface area contributed by atoms with Gasteiger partial charge in [-0.05, 0) is 11.6 Å². The van der Waals surface area contributed by atoms with Crippen LogP contribution in [0.5, 0.6) is 0 Å². The molecule has 1 aromatic heterocycles. The number of pyridine rings is 1. The summed E-state index contributed by atoms with van der Waals surface area (Å²) in [6.07, 6.45) is 3.14. The van der Waals surface area contributed by atoms with Crippen molar-refractivity contribution in [1.29, 1.82) is 0 Å². The topological polar surface area (TPSA) is 42.4 Å². The van der Waals surface area contributed by atoms with Gasteiger partial charge in [-0.2, -0.15) is 0 Å². The summed E-state index contributed by atoms with van der Waals surface area (Å²) in [7, 11) is 1.39. The van der Waals surface area contributed by atoms with Crippen LogP contribution >= 0.6 is 0 Å². The number of methoxy groups -OCH3 is 1. The molecule has 0 aromatic carbocycles. The van der Waals surface area contributed by atoms with Crippen LogP contribution in [0.25, 0.3) is 0 Å². The van der Waals surface area contributed by atoms with E-state index in [4.69, 9.17) is 4.74 Å². The van der Waals surface area contributed by atoms with Crippen LogP contribution in [0.3, 0.4) is 0 Å². The Labute approximate surface area is 88.9 Å². The summed E-state index contributed by atoms with van der Waals surface area (Å²) in [4.78, 5) is 17.2. The van der Waals surface area contributed by atoms with E-state index in [0.29, 0.717) is 6.54 Å². The van der Waals surface area contributed by atoms with Crippen LogP contribution < -0.4 is 4.90 Å². The number of ether oxygens (including phenoxy) is 1. The van der Waals surface area contributed by atoms with Crippen LogP contribution in [0.2, 0.25) is 0 Å². The Hall–Kier alpha value is -1.58. The molecule has 80 valence electrons. The molecule has 0 spiro atoms. The Morgan fingerprint density at radius 2 is 2.33 bits per heavy atom. The molecule has 1 aliphatic heterocycles. The first kappa shape index (κ1) is 9.96. The molecular formula is C11H14N2O2. The number of hydrogen-bond donors (Lipinski definition) is 0. The summed E-state index contributed by atoms with van der Waals surface area (Å²) < 4.78 is 4.74. The van der Waals surface area contributed by atoms with Gasteiger partial charge in [0.2, 0.25) is 0 Å². The lowest BCUT2D eigenvalue weighted by Gasteiger charge is -2.19. The summed E-state index contributed by atoms with van der Waals surface area (Å²) in [5, 5.41) is 0. The Balaban J connectivity index is 2.47. The van der Waals surface area contributed by atoms with Gasteiger partial charge in [0.25, 0.3) is 0 Å². The van der Waals surface area contributed by atoms with Crippen LogP contribution in [-0.2, 0) is 10.2 Å². The average molecular weight is 206 g/mol. The van der Waals surface area contributed by atoms with Crippen molar-refractivity contribution in [2.24, 2.45) is 0 Å². The van der Waals surface area contributed by atoms with Gasteiger partial charge in [0.1, 0.15) is 0 Å². The summed E-state index contributed by atoms with van der Waals surface area (Å²) in [5.74, 6) is 0. The standard InChI is InChI=1S/C11H14N2O2/c1-11(2)7-13(10(14)15-3)9-6-12-5-4-8(9)11/h4-6H,7H2,1-3H3. The molecule has 0 bridgehead atoms.